The van der Waals surface area contributed by atoms with Crippen LogP contribution in [-0.4, -0.2) is 51.4 Å². The van der Waals surface area contributed by atoms with E-state index in [4.69, 9.17) is 4.74 Å². The number of methoxy groups -OCH3 is 1. The summed E-state index contributed by atoms with van der Waals surface area (Å²) in [6.45, 7) is 4.46. The predicted octanol–water partition coefficient (Wildman–Crippen LogP) is 3.55. The highest BCUT2D eigenvalue weighted by molar-refractivity contribution is 6.02. The topological polar surface area (TPSA) is 119 Å². The molecule has 2 heterocycles. The third-order valence-corrected chi connectivity index (χ3v) is 6.07. The summed E-state index contributed by atoms with van der Waals surface area (Å²) in [6.07, 6.45) is 3.97. The summed E-state index contributed by atoms with van der Waals surface area (Å²) in [5.41, 5.74) is 2.65. The minimum atomic E-state index is -1.01. The Morgan fingerprint density at radius 1 is 1.03 bits per heavy atom. The first-order chi connectivity index (χ1) is 18.4. The van der Waals surface area contributed by atoms with E-state index in [1.165, 1.54) is 16.7 Å². The van der Waals surface area contributed by atoms with Crippen LogP contribution in [0, 0.1) is 5.92 Å². The molecule has 4 aromatic rings. The molecule has 0 aliphatic carbocycles. The van der Waals surface area contributed by atoms with Gasteiger partial charge in [0.05, 0.1) is 18.2 Å². The summed E-state index contributed by atoms with van der Waals surface area (Å²) in [5, 5.41) is 11.3. The van der Waals surface area contributed by atoms with Crippen molar-refractivity contribution in [3.63, 3.8) is 0 Å². The van der Waals surface area contributed by atoms with Crippen LogP contribution in [0.25, 0.3) is 11.0 Å². The van der Waals surface area contributed by atoms with Gasteiger partial charge < -0.3 is 10.1 Å². The number of amides is 2. The summed E-state index contributed by atoms with van der Waals surface area (Å²) in [6, 6.07) is 16.2. The van der Waals surface area contributed by atoms with Gasteiger partial charge in [0.15, 0.2) is 0 Å². The number of fused-ring (bicyclic) bond motifs is 1. The zero-order valence-electron chi connectivity index (χ0n) is 21.6. The molecule has 0 spiro atoms. The number of rotatable bonds is 10. The molecule has 196 valence electrons. The quantitative estimate of drug-likeness (QED) is 0.322. The number of nitrogens with one attached hydrogen (secondary N) is 1. The van der Waals surface area contributed by atoms with Crippen LogP contribution in [0.5, 0.6) is 0 Å². The van der Waals surface area contributed by atoms with Gasteiger partial charge in [0, 0.05) is 30.2 Å². The number of ether oxygens (including phenoxy) is 1. The van der Waals surface area contributed by atoms with Crippen molar-refractivity contribution in [2.24, 2.45) is 5.92 Å². The van der Waals surface area contributed by atoms with E-state index >= 15 is 0 Å². The Morgan fingerprint density at radius 2 is 1.79 bits per heavy atom. The number of hydrogen-bond donors (Lipinski definition) is 1. The van der Waals surface area contributed by atoms with Crippen molar-refractivity contribution < 1.29 is 19.1 Å². The molecule has 0 saturated heterocycles. The number of carbonyl (C=O) groups excluding carboxylic acids is 3. The highest BCUT2D eigenvalue weighted by Gasteiger charge is 2.33. The Bertz CT molecular complexity index is 1400. The minimum absolute atomic E-state index is 0.157. The normalized spacial score (nSPS) is 11.8. The molecule has 2 aromatic heterocycles. The van der Waals surface area contributed by atoms with Crippen LogP contribution in [0.2, 0.25) is 0 Å². The maximum Gasteiger partial charge on any atom is 0.337 e. The third kappa shape index (κ3) is 6.03. The molecule has 2 aromatic carbocycles. The van der Waals surface area contributed by atoms with E-state index in [1.54, 1.807) is 48.8 Å². The van der Waals surface area contributed by atoms with Gasteiger partial charge in [-0.3, -0.25) is 19.5 Å². The van der Waals surface area contributed by atoms with Crippen LogP contribution < -0.4 is 10.2 Å². The number of hydrogen-bond acceptors (Lipinski definition) is 7. The summed E-state index contributed by atoms with van der Waals surface area (Å²) in [7, 11) is 1.30. The summed E-state index contributed by atoms with van der Waals surface area (Å²) < 4.78 is 6.31. The molecule has 10 heteroatoms. The monoisotopic (exact) mass is 514 g/mol. The van der Waals surface area contributed by atoms with Crippen molar-refractivity contribution in [3.8, 4) is 0 Å². The number of para-hydroxylation sites is 1. The van der Waals surface area contributed by atoms with Gasteiger partial charge in [-0.15, -0.1) is 5.10 Å². The molecule has 1 N–H and O–H groups in total. The van der Waals surface area contributed by atoms with Gasteiger partial charge >= 0.3 is 5.97 Å². The zero-order chi connectivity index (χ0) is 27.1. The fraction of sp³-hybridized carbons (Fsp3) is 0.286. The second-order valence-electron chi connectivity index (χ2n) is 9.20. The smallest absolute Gasteiger partial charge is 0.337 e. The number of anilines is 1. The van der Waals surface area contributed by atoms with Gasteiger partial charge in [0.25, 0.3) is 0 Å². The summed E-state index contributed by atoms with van der Waals surface area (Å²) >= 11 is 0. The fourth-order valence-electron chi connectivity index (χ4n) is 4.09. The first kappa shape index (κ1) is 26.5. The highest BCUT2D eigenvalue weighted by atomic mass is 16.5. The number of aromatic nitrogens is 4. The molecule has 0 bridgehead atoms. The Hall–Kier alpha value is -4.60. The second kappa shape index (κ2) is 12.1. The minimum Gasteiger partial charge on any atom is -0.465 e. The lowest BCUT2D eigenvalue weighted by atomic mass is 10.0. The SMILES string of the molecule is COC(=O)c1ccc(N(C(=O)Cn2nnc3ccccc32)C(C(=O)NCCC(C)C)c2cccnc2)cc1. The molecular weight excluding hydrogens is 484 g/mol. The average molecular weight is 515 g/mol. The van der Waals surface area contributed by atoms with E-state index in [0.717, 1.165) is 6.42 Å². The number of carbonyl (C=O) groups is 3. The second-order valence-corrected chi connectivity index (χ2v) is 9.20. The van der Waals surface area contributed by atoms with Crippen LogP contribution in [0.15, 0.2) is 73.1 Å². The lowest BCUT2D eigenvalue weighted by Crippen LogP contribution is -2.45. The number of benzene rings is 2. The molecule has 10 nitrogen and oxygen atoms in total. The van der Waals surface area contributed by atoms with Crippen molar-refractivity contribution in [1.82, 2.24) is 25.3 Å². The van der Waals surface area contributed by atoms with Crippen molar-refractivity contribution >= 4 is 34.5 Å². The van der Waals surface area contributed by atoms with Gasteiger partial charge in [-0.25, -0.2) is 9.48 Å². The number of esters is 1. The lowest BCUT2D eigenvalue weighted by molar-refractivity contribution is -0.127. The number of nitrogens with zero attached hydrogens (tertiary/aromatic N) is 5. The molecule has 0 aliphatic rings. The van der Waals surface area contributed by atoms with Crippen molar-refractivity contribution in [1.29, 1.82) is 0 Å². The van der Waals surface area contributed by atoms with E-state index in [9.17, 15) is 14.4 Å². The van der Waals surface area contributed by atoms with Crippen LogP contribution >= 0.6 is 0 Å². The van der Waals surface area contributed by atoms with Crippen molar-refractivity contribution in [2.75, 3.05) is 18.6 Å². The van der Waals surface area contributed by atoms with Crippen LogP contribution in [0.1, 0.15) is 42.2 Å². The summed E-state index contributed by atoms with van der Waals surface area (Å²) in [4.78, 5) is 45.2. The maximum absolute atomic E-state index is 14.0. The Kier molecular flexibility index (Phi) is 8.42. The standard InChI is InChI=1S/C28H30N6O4/c1-19(2)14-16-30-27(36)26(21-7-6-15-29-17-21)34(22-12-10-20(11-13-22)28(37)38-3)25(35)18-33-24-9-5-4-8-23(24)31-32-33/h4-13,15,17,19,26H,14,16,18H2,1-3H3,(H,30,36). The van der Waals surface area contributed by atoms with E-state index in [2.05, 4.69) is 34.5 Å². The van der Waals surface area contributed by atoms with Crippen molar-refractivity contribution in [3.05, 3.63) is 84.2 Å². The van der Waals surface area contributed by atoms with E-state index in [1.807, 2.05) is 24.3 Å². The van der Waals surface area contributed by atoms with Crippen molar-refractivity contribution in [2.45, 2.75) is 32.9 Å². The predicted molar refractivity (Wildman–Crippen MR) is 142 cm³/mol. The molecule has 1 atom stereocenters. The molecule has 0 aliphatic heterocycles. The largest absolute Gasteiger partial charge is 0.465 e. The van der Waals surface area contributed by atoms with E-state index in [-0.39, 0.29) is 18.4 Å². The van der Waals surface area contributed by atoms with Gasteiger partial charge in [-0.05, 0) is 54.8 Å². The van der Waals surface area contributed by atoms with Gasteiger partial charge in [0.1, 0.15) is 18.1 Å². The average Bonchev–Trinajstić information content (AvgIpc) is 3.34. The Labute approximate surface area is 220 Å². The van der Waals surface area contributed by atoms with Crippen LogP contribution in [0.3, 0.4) is 0 Å². The summed E-state index contributed by atoms with van der Waals surface area (Å²) in [5.74, 6) is -0.832. The number of pyridine rings is 1. The van der Waals surface area contributed by atoms with Gasteiger partial charge in [-0.2, -0.15) is 0 Å². The first-order valence-electron chi connectivity index (χ1n) is 12.4. The van der Waals surface area contributed by atoms with E-state index < -0.39 is 12.0 Å². The fourth-order valence-corrected chi connectivity index (χ4v) is 4.09. The molecule has 0 radical (unpaired) electrons. The van der Waals surface area contributed by atoms with Crippen LogP contribution in [-0.2, 0) is 20.9 Å². The lowest BCUT2D eigenvalue weighted by Gasteiger charge is -2.31. The molecule has 2 amide bonds. The van der Waals surface area contributed by atoms with Crippen LogP contribution in [0.4, 0.5) is 5.69 Å². The maximum atomic E-state index is 14.0. The van der Waals surface area contributed by atoms with E-state index in [0.29, 0.717) is 40.3 Å². The third-order valence-electron chi connectivity index (χ3n) is 6.07. The molecule has 1 unspecified atom stereocenters. The molecule has 38 heavy (non-hydrogen) atoms. The van der Waals surface area contributed by atoms with Gasteiger partial charge in [0.2, 0.25) is 11.8 Å². The first-order valence-corrected chi connectivity index (χ1v) is 12.4. The molecule has 0 saturated carbocycles. The Balaban J connectivity index is 1.76. The molecule has 4 rings (SSSR count). The molecule has 0 fully saturated rings. The Morgan fingerprint density at radius 3 is 2.47 bits per heavy atom. The zero-order valence-corrected chi connectivity index (χ0v) is 21.6. The molecular formula is C28H30N6O4. The highest BCUT2D eigenvalue weighted by Crippen LogP contribution is 2.29. The van der Waals surface area contributed by atoms with Gasteiger partial charge in [-0.1, -0.05) is 37.3 Å².